The van der Waals surface area contributed by atoms with Crippen LogP contribution in [0.4, 0.5) is 0 Å². The average molecular weight is 507 g/mol. The number of rotatable bonds is 5. The highest BCUT2D eigenvalue weighted by molar-refractivity contribution is 9.10. The summed E-state index contributed by atoms with van der Waals surface area (Å²) >= 11 is 3.81. The number of methoxy groups -OCH3 is 4. The van der Waals surface area contributed by atoms with Gasteiger partial charge in [0.05, 0.1) is 40.0 Å². The van der Waals surface area contributed by atoms with Gasteiger partial charge in [0.1, 0.15) is 4.32 Å². The summed E-state index contributed by atoms with van der Waals surface area (Å²) in [5.74, 6) is 1.70. The molecule has 0 N–H and O–H groups in total. The molecule has 5 rings (SSSR count). The van der Waals surface area contributed by atoms with Crippen molar-refractivity contribution in [2.24, 2.45) is 5.92 Å². The molecule has 0 amide bonds. The van der Waals surface area contributed by atoms with E-state index in [0.717, 1.165) is 16.7 Å². The van der Waals surface area contributed by atoms with Gasteiger partial charge < -0.3 is 33.2 Å². The van der Waals surface area contributed by atoms with Crippen LogP contribution >= 0.6 is 15.9 Å². The fraction of sp³-hybridized carbons (Fsp3) is 0.435. The second-order valence-electron chi connectivity index (χ2n) is 7.86. The minimum Gasteiger partial charge on any atom is -0.493 e. The van der Waals surface area contributed by atoms with E-state index >= 15 is 0 Å². The van der Waals surface area contributed by atoms with E-state index in [1.807, 2.05) is 24.3 Å². The summed E-state index contributed by atoms with van der Waals surface area (Å²) < 4.78 is 38.3. The molecule has 1 aliphatic carbocycles. The van der Waals surface area contributed by atoms with Gasteiger partial charge in [0.2, 0.25) is 12.5 Å². The molecule has 0 saturated carbocycles. The molecular weight excluding hydrogens is 484 g/mol. The van der Waals surface area contributed by atoms with Crippen molar-refractivity contribution in [2.75, 3.05) is 41.8 Å². The Morgan fingerprint density at radius 2 is 1.53 bits per heavy atom. The number of fused-ring (bicyclic) bond motifs is 3. The van der Waals surface area contributed by atoms with Gasteiger partial charge in [0.15, 0.2) is 23.0 Å². The number of hydrogen-bond donors (Lipinski definition) is 0. The summed E-state index contributed by atoms with van der Waals surface area (Å²) in [5, 5.41) is 0. The Bertz CT molecular complexity index is 1060. The standard InChI is InChI=1S/C23H23BrO8/c1-26-17-5-11(6-18(27-2)21(17)29-4)19-12-7-15-16(32-10-31-15)8-13(12)20(28-3)14-9-30-22(25)23(14,19)24/h5-8,14,19-20H,9-10H2,1-4H3/t14-,19-,20+,23+/m1/s1. The van der Waals surface area contributed by atoms with Crippen LogP contribution in [-0.2, 0) is 14.3 Å². The van der Waals surface area contributed by atoms with Gasteiger partial charge in [-0.3, -0.25) is 4.79 Å². The van der Waals surface area contributed by atoms with Crippen LogP contribution in [0.15, 0.2) is 24.3 Å². The molecule has 0 bridgehead atoms. The predicted molar refractivity (Wildman–Crippen MR) is 116 cm³/mol. The first-order valence-electron chi connectivity index (χ1n) is 10.1. The Morgan fingerprint density at radius 1 is 0.906 bits per heavy atom. The van der Waals surface area contributed by atoms with E-state index in [0.29, 0.717) is 28.7 Å². The van der Waals surface area contributed by atoms with Gasteiger partial charge in [-0.1, -0.05) is 15.9 Å². The van der Waals surface area contributed by atoms with Gasteiger partial charge in [0.25, 0.3) is 0 Å². The van der Waals surface area contributed by atoms with Crippen molar-refractivity contribution in [1.29, 1.82) is 0 Å². The molecule has 2 aliphatic heterocycles. The van der Waals surface area contributed by atoms with E-state index in [4.69, 9.17) is 33.2 Å². The minimum absolute atomic E-state index is 0.148. The summed E-state index contributed by atoms with van der Waals surface area (Å²) in [6.45, 7) is 0.382. The van der Waals surface area contributed by atoms with Gasteiger partial charge >= 0.3 is 5.97 Å². The van der Waals surface area contributed by atoms with Crippen molar-refractivity contribution in [2.45, 2.75) is 16.3 Å². The van der Waals surface area contributed by atoms with Crippen LogP contribution in [0.1, 0.15) is 28.7 Å². The number of carbonyl (C=O) groups excluding carboxylic acids is 1. The van der Waals surface area contributed by atoms with E-state index in [-0.39, 0.29) is 31.4 Å². The van der Waals surface area contributed by atoms with Crippen molar-refractivity contribution < 1.29 is 38.0 Å². The summed E-state index contributed by atoms with van der Waals surface area (Å²) in [5.41, 5.74) is 2.60. The Balaban J connectivity index is 1.80. The van der Waals surface area contributed by atoms with Crippen LogP contribution in [0.5, 0.6) is 28.7 Å². The maximum atomic E-state index is 13.2. The number of carbonyl (C=O) groups is 1. The van der Waals surface area contributed by atoms with Crippen molar-refractivity contribution in [3.63, 3.8) is 0 Å². The lowest BCUT2D eigenvalue weighted by Crippen LogP contribution is -2.47. The summed E-state index contributed by atoms with van der Waals surface area (Å²) in [4.78, 5) is 13.2. The second-order valence-corrected chi connectivity index (χ2v) is 9.17. The quantitative estimate of drug-likeness (QED) is 0.449. The number of halogens is 1. The average Bonchev–Trinajstić information content (AvgIpc) is 3.38. The number of alkyl halides is 1. The largest absolute Gasteiger partial charge is 0.493 e. The SMILES string of the molecule is COc1cc([C@@H]2c3cc4c(cc3[C@H](OC)[C@H]3COC(=O)[C@@]23Br)OCO4)cc(OC)c1OC. The molecule has 1 saturated heterocycles. The highest BCUT2D eigenvalue weighted by Crippen LogP contribution is 2.61. The van der Waals surface area contributed by atoms with Crippen LogP contribution in [0.3, 0.4) is 0 Å². The highest BCUT2D eigenvalue weighted by Gasteiger charge is 2.63. The lowest BCUT2D eigenvalue weighted by atomic mass is 9.66. The van der Waals surface area contributed by atoms with Crippen molar-refractivity contribution >= 4 is 21.9 Å². The van der Waals surface area contributed by atoms with E-state index < -0.39 is 10.2 Å². The number of ether oxygens (including phenoxy) is 7. The molecule has 8 nitrogen and oxygen atoms in total. The molecule has 0 radical (unpaired) electrons. The first-order valence-corrected chi connectivity index (χ1v) is 10.9. The van der Waals surface area contributed by atoms with Crippen LogP contribution in [0, 0.1) is 5.92 Å². The highest BCUT2D eigenvalue weighted by atomic mass is 79.9. The van der Waals surface area contributed by atoms with Crippen LogP contribution < -0.4 is 23.7 Å². The summed E-state index contributed by atoms with van der Waals surface area (Å²) in [6, 6.07) is 7.58. The third kappa shape index (κ3) is 2.80. The number of esters is 1. The Morgan fingerprint density at radius 3 is 2.09 bits per heavy atom. The molecule has 2 aromatic rings. The van der Waals surface area contributed by atoms with Crippen molar-refractivity contribution in [3.05, 3.63) is 41.0 Å². The Kier molecular flexibility index (Phi) is 5.13. The number of benzene rings is 2. The Hall–Kier alpha value is -2.65. The molecule has 2 aromatic carbocycles. The van der Waals surface area contributed by atoms with Gasteiger partial charge in [-0.25, -0.2) is 0 Å². The molecule has 0 spiro atoms. The lowest BCUT2D eigenvalue weighted by molar-refractivity contribution is -0.140. The fourth-order valence-electron chi connectivity index (χ4n) is 5.08. The van der Waals surface area contributed by atoms with E-state index in [1.54, 1.807) is 28.4 Å². The zero-order valence-corrected chi connectivity index (χ0v) is 19.7. The molecule has 9 heteroatoms. The number of hydrogen-bond acceptors (Lipinski definition) is 8. The topological polar surface area (TPSA) is 81.7 Å². The molecule has 0 aromatic heterocycles. The molecule has 2 heterocycles. The van der Waals surface area contributed by atoms with Gasteiger partial charge in [-0.05, 0) is 41.0 Å². The van der Waals surface area contributed by atoms with Crippen LogP contribution in [0.25, 0.3) is 0 Å². The second kappa shape index (κ2) is 7.74. The van der Waals surface area contributed by atoms with Gasteiger partial charge in [-0.15, -0.1) is 0 Å². The van der Waals surface area contributed by atoms with Crippen LogP contribution in [0.2, 0.25) is 0 Å². The normalized spacial score (nSPS) is 27.4. The third-order valence-electron chi connectivity index (χ3n) is 6.50. The summed E-state index contributed by atoms with van der Waals surface area (Å²) in [6.07, 6.45) is -0.372. The molecular formula is C23H23BrO8. The zero-order chi connectivity index (χ0) is 22.6. The zero-order valence-electron chi connectivity index (χ0n) is 18.1. The monoisotopic (exact) mass is 506 g/mol. The van der Waals surface area contributed by atoms with Crippen molar-refractivity contribution in [3.8, 4) is 28.7 Å². The van der Waals surface area contributed by atoms with E-state index in [1.165, 1.54) is 0 Å². The van der Waals surface area contributed by atoms with E-state index in [2.05, 4.69) is 15.9 Å². The smallest absolute Gasteiger partial charge is 0.324 e. The molecule has 0 unspecified atom stereocenters. The fourth-order valence-corrected chi connectivity index (χ4v) is 6.08. The maximum Gasteiger partial charge on any atom is 0.324 e. The van der Waals surface area contributed by atoms with Crippen LogP contribution in [-0.4, -0.2) is 52.1 Å². The maximum absolute atomic E-state index is 13.2. The van der Waals surface area contributed by atoms with Gasteiger partial charge in [0, 0.05) is 13.0 Å². The first kappa shape index (κ1) is 21.2. The molecule has 32 heavy (non-hydrogen) atoms. The van der Waals surface area contributed by atoms with E-state index in [9.17, 15) is 4.79 Å². The first-order chi connectivity index (χ1) is 15.5. The number of cyclic esters (lactones) is 1. The van der Waals surface area contributed by atoms with Crippen molar-refractivity contribution in [1.82, 2.24) is 0 Å². The van der Waals surface area contributed by atoms with Gasteiger partial charge in [-0.2, -0.15) is 0 Å². The minimum atomic E-state index is -1.06. The molecule has 3 aliphatic rings. The molecule has 1 fully saturated rings. The predicted octanol–water partition coefficient (Wildman–Crippen LogP) is 3.58. The Labute approximate surface area is 193 Å². The molecule has 4 atom stereocenters. The third-order valence-corrected chi connectivity index (χ3v) is 7.87. The molecule has 170 valence electrons. The summed E-state index contributed by atoms with van der Waals surface area (Å²) in [7, 11) is 6.31. The lowest BCUT2D eigenvalue weighted by Gasteiger charge is -2.43.